The first-order valence-electron chi connectivity index (χ1n) is 6.62. The number of nitrogens with zero attached hydrogens (tertiary/aromatic N) is 2. The topological polar surface area (TPSA) is 67.2 Å². The standard InChI is InChI=1S/C15H19N3O2/c1-11(2)14(15(19)20)17-13-8-16-18(10-13)9-12-6-4-3-5-7-12/h3-8,10-11,14,17H,9H2,1-2H3,(H,19,20). The van der Waals surface area contributed by atoms with Crippen LogP contribution in [0.15, 0.2) is 42.7 Å². The summed E-state index contributed by atoms with van der Waals surface area (Å²) < 4.78 is 1.79. The second-order valence-electron chi connectivity index (χ2n) is 5.12. The predicted octanol–water partition coefficient (Wildman–Crippen LogP) is 2.45. The molecular formula is C15H19N3O2. The van der Waals surface area contributed by atoms with Crippen LogP contribution >= 0.6 is 0 Å². The molecule has 5 nitrogen and oxygen atoms in total. The Balaban J connectivity index is 2.03. The van der Waals surface area contributed by atoms with Crippen LogP contribution in [0.5, 0.6) is 0 Å². The minimum absolute atomic E-state index is 0.00460. The minimum atomic E-state index is -0.851. The van der Waals surface area contributed by atoms with Crippen molar-refractivity contribution in [2.75, 3.05) is 5.32 Å². The van der Waals surface area contributed by atoms with Crippen molar-refractivity contribution in [2.24, 2.45) is 5.92 Å². The molecule has 1 atom stereocenters. The molecule has 0 aliphatic heterocycles. The third-order valence-electron chi connectivity index (χ3n) is 3.08. The summed E-state index contributed by atoms with van der Waals surface area (Å²) in [7, 11) is 0. The van der Waals surface area contributed by atoms with E-state index in [1.807, 2.05) is 50.4 Å². The van der Waals surface area contributed by atoms with Crippen LogP contribution in [0.25, 0.3) is 0 Å². The van der Waals surface area contributed by atoms with Crippen molar-refractivity contribution in [1.82, 2.24) is 9.78 Å². The van der Waals surface area contributed by atoms with Crippen molar-refractivity contribution in [3.63, 3.8) is 0 Å². The fourth-order valence-corrected chi connectivity index (χ4v) is 1.99. The zero-order valence-electron chi connectivity index (χ0n) is 11.7. The van der Waals surface area contributed by atoms with E-state index in [0.29, 0.717) is 6.54 Å². The number of benzene rings is 1. The van der Waals surface area contributed by atoms with Crippen molar-refractivity contribution in [1.29, 1.82) is 0 Å². The Bertz CT molecular complexity index is 564. The lowest BCUT2D eigenvalue weighted by Gasteiger charge is -2.17. The number of carboxylic acid groups (broad SMARTS) is 1. The lowest BCUT2D eigenvalue weighted by molar-refractivity contribution is -0.138. The van der Waals surface area contributed by atoms with E-state index in [2.05, 4.69) is 10.4 Å². The molecule has 1 aromatic heterocycles. The summed E-state index contributed by atoms with van der Waals surface area (Å²) >= 11 is 0. The highest BCUT2D eigenvalue weighted by Gasteiger charge is 2.21. The minimum Gasteiger partial charge on any atom is -0.480 e. The molecule has 106 valence electrons. The number of hydrogen-bond acceptors (Lipinski definition) is 3. The van der Waals surface area contributed by atoms with Gasteiger partial charge >= 0.3 is 5.97 Å². The SMILES string of the molecule is CC(C)C(Nc1cnn(Cc2ccccc2)c1)C(=O)O. The lowest BCUT2D eigenvalue weighted by Crippen LogP contribution is -2.34. The fraction of sp³-hybridized carbons (Fsp3) is 0.333. The number of anilines is 1. The Morgan fingerprint density at radius 1 is 1.35 bits per heavy atom. The zero-order chi connectivity index (χ0) is 14.5. The van der Waals surface area contributed by atoms with Crippen molar-refractivity contribution in [3.05, 3.63) is 48.3 Å². The summed E-state index contributed by atoms with van der Waals surface area (Å²) in [6, 6.07) is 9.39. The Labute approximate surface area is 118 Å². The average Bonchev–Trinajstić information content (AvgIpc) is 2.84. The van der Waals surface area contributed by atoms with E-state index in [4.69, 9.17) is 5.11 Å². The molecule has 20 heavy (non-hydrogen) atoms. The van der Waals surface area contributed by atoms with Gasteiger partial charge in [0.15, 0.2) is 0 Å². The number of hydrogen-bond donors (Lipinski definition) is 2. The molecule has 0 aliphatic carbocycles. The fourth-order valence-electron chi connectivity index (χ4n) is 1.99. The van der Waals surface area contributed by atoms with E-state index >= 15 is 0 Å². The summed E-state index contributed by atoms with van der Waals surface area (Å²) in [6.07, 6.45) is 3.48. The van der Waals surface area contributed by atoms with Crippen molar-refractivity contribution in [2.45, 2.75) is 26.4 Å². The van der Waals surface area contributed by atoms with Gasteiger partial charge in [0, 0.05) is 6.20 Å². The molecule has 0 spiro atoms. The van der Waals surface area contributed by atoms with Crippen LogP contribution in [-0.4, -0.2) is 26.9 Å². The molecule has 2 N–H and O–H groups in total. The van der Waals surface area contributed by atoms with Crippen LogP contribution in [0.4, 0.5) is 5.69 Å². The van der Waals surface area contributed by atoms with Gasteiger partial charge in [-0.05, 0) is 11.5 Å². The summed E-state index contributed by atoms with van der Waals surface area (Å²) in [4.78, 5) is 11.2. The third-order valence-corrected chi connectivity index (χ3v) is 3.08. The Hall–Kier alpha value is -2.30. The van der Waals surface area contributed by atoms with Crippen LogP contribution in [0.2, 0.25) is 0 Å². The van der Waals surface area contributed by atoms with Crippen molar-refractivity contribution >= 4 is 11.7 Å². The van der Waals surface area contributed by atoms with Crippen LogP contribution in [0, 0.1) is 5.92 Å². The average molecular weight is 273 g/mol. The molecule has 0 bridgehead atoms. The maximum absolute atomic E-state index is 11.2. The maximum atomic E-state index is 11.2. The second kappa shape index (κ2) is 6.23. The van der Waals surface area contributed by atoms with Crippen LogP contribution in [0.3, 0.4) is 0 Å². The molecule has 1 unspecified atom stereocenters. The highest BCUT2D eigenvalue weighted by molar-refractivity contribution is 5.77. The highest BCUT2D eigenvalue weighted by Crippen LogP contribution is 2.13. The molecule has 2 aromatic rings. The normalized spacial score (nSPS) is 12.3. The van der Waals surface area contributed by atoms with Crippen molar-refractivity contribution in [3.8, 4) is 0 Å². The maximum Gasteiger partial charge on any atom is 0.326 e. The lowest BCUT2D eigenvalue weighted by atomic mass is 10.0. The molecule has 0 aliphatic rings. The smallest absolute Gasteiger partial charge is 0.326 e. The molecule has 0 saturated carbocycles. The van der Waals surface area contributed by atoms with Gasteiger partial charge in [0.25, 0.3) is 0 Å². The van der Waals surface area contributed by atoms with Gasteiger partial charge in [0.2, 0.25) is 0 Å². The molecular weight excluding hydrogens is 254 g/mol. The highest BCUT2D eigenvalue weighted by atomic mass is 16.4. The van der Waals surface area contributed by atoms with Crippen LogP contribution in [0.1, 0.15) is 19.4 Å². The van der Waals surface area contributed by atoms with Gasteiger partial charge in [0.1, 0.15) is 6.04 Å². The molecule has 0 radical (unpaired) electrons. The summed E-state index contributed by atoms with van der Waals surface area (Å²) in [5.74, 6) is -0.846. The molecule has 2 rings (SSSR count). The van der Waals surface area contributed by atoms with Gasteiger partial charge in [-0.25, -0.2) is 4.79 Å². The van der Waals surface area contributed by atoms with E-state index in [0.717, 1.165) is 11.3 Å². The molecule has 0 amide bonds. The zero-order valence-corrected chi connectivity index (χ0v) is 11.7. The predicted molar refractivity (Wildman–Crippen MR) is 77.7 cm³/mol. The van der Waals surface area contributed by atoms with Gasteiger partial charge in [-0.3, -0.25) is 4.68 Å². The number of rotatable bonds is 6. The van der Waals surface area contributed by atoms with Gasteiger partial charge in [-0.2, -0.15) is 5.10 Å². The number of aromatic nitrogens is 2. The Kier molecular flexibility index (Phi) is 4.40. The monoisotopic (exact) mass is 273 g/mol. The van der Waals surface area contributed by atoms with E-state index in [1.165, 1.54) is 0 Å². The first kappa shape index (κ1) is 14.1. The van der Waals surface area contributed by atoms with Gasteiger partial charge < -0.3 is 10.4 Å². The first-order valence-corrected chi connectivity index (χ1v) is 6.62. The summed E-state index contributed by atoms with van der Waals surface area (Å²) in [5.41, 5.74) is 1.88. The largest absolute Gasteiger partial charge is 0.480 e. The van der Waals surface area contributed by atoms with Gasteiger partial charge in [-0.15, -0.1) is 0 Å². The number of carboxylic acids is 1. The molecule has 0 fully saturated rings. The second-order valence-corrected chi connectivity index (χ2v) is 5.12. The van der Waals surface area contributed by atoms with E-state index < -0.39 is 12.0 Å². The molecule has 1 heterocycles. The van der Waals surface area contributed by atoms with Crippen LogP contribution in [-0.2, 0) is 11.3 Å². The summed E-state index contributed by atoms with van der Waals surface area (Å²) in [6.45, 7) is 4.42. The number of aliphatic carboxylic acids is 1. The quantitative estimate of drug-likeness (QED) is 0.848. The Morgan fingerprint density at radius 2 is 2.05 bits per heavy atom. The van der Waals surface area contributed by atoms with Crippen LogP contribution < -0.4 is 5.32 Å². The number of nitrogens with one attached hydrogen (secondary N) is 1. The molecule has 0 saturated heterocycles. The van der Waals surface area contributed by atoms with Gasteiger partial charge in [0.05, 0.1) is 18.4 Å². The number of carbonyl (C=O) groups is 1. The van der Waals surface area contributed by atoms with Gasteiger partial charge in [-0.1, -0.05) is 44.2 Å². The van der Waals surface area contributed by atoms with E-state index in [-0.39, 0.29) is 5.92 Å². The summed E-state index contributed by atoms with van der Waals surface area (Å²) in [5, 5.41) is 16.4. The Morgan fingerprint density at radius 3 is 2.65 bits per heavy atom. The first-order chi connectivity index (χ1) is 9.56. The molecule has 5 heteroatoms. The van der Waals surface area contributed by atoms with E-state index in [1.54, 1.807) is 10.9 Å². The third kappa shape index (κ3) is 3.60. The molecule has 1 aromatic carbocycles. The van der Waals surface area contributed by atoms with E-state index in [9.17, 15) is 4.79 Å². The van der Waals surface area contributed by atoms with Crippen molar-refractivity contribution < 1.29 is 9.90 Å².